The summed E-state index contributed by atoms with van der Waals surface area (Å²) in [7, 11) is 0. The molecule has 0 aromatic heterocycles. The van der Waals surface area contributed by atoms with Crippen LogP contribution < -0.4 is 11.1 Å². The number of rotatable bonds is 6. The minimum atomic E-state index is 0.0207. The molecule has 0 bridgehead atoms. The largest absolute Gasteiger partial charge is 0.378 e. The van der Waals surface area contributed by atoms with Crippen LogP contribution >= 0.6 is 0 Å². The number of hydrogen-bond donors (Lipinski definition) is 2. The lowest BCUT2D eigenvalue weighted by molar-refractivity contribution is -0.124. The summed E-state index contributed by atoms with van der Waals surface area (Å²) in [6, 6.07) is 0. The quantitative estimate of drug-likeness (QED) is 0.710. The maximum atomic E-state index is 11.7. The van der Waals surface area contributed by atoms with Gasteiger partial charge in [0, 0.05) is 25.0 Å². The van der Waals surface area contributed by atoms with Crippen LogP contribution in [0.2, 0.25) is 0 Å². The van der Waals surface area contributed by atoms with Gasteiger partial charge in [0.15, 0.2) is 0 Å². The highest BCUT2D eigenvalue weighted by molar-refractivity contribution is 5.78. The molecule has 94 valence electrons. The van der Waals surface area contributed by atoms with Crippen molar-refractivity contribution in [2.24, 2.45) is 17.6 Å². The van der Waals surface area contributed by atoms with Gasteiger partial charge >= 0.3 is 0 Å². The van der Waals surface area contributed by atoms with Crippen LogP contribution in [-0.2, 0) is 9.53 Å². The van der Waals surface area contributed by atoms with Gasteiger partial charge in [0.2, 0.25) is 5.91 Å². The fourth-order valence-corrected chi connectivity index (χ4v) is 2.16. The second-order valence-corrected chi connectivity index (χ2v) is 4.59. The minimum absolute atomic E-state index is 0.0207. The predicted molar refractivity (Wildman–Crippen MR) is 64.0 cm³/mol. The summed E-state index contributed by atoms with van der Waals surface area (Å²) < 4.78 is 5.58. The predicted octanol–water partition coefficient (Wildman–Crippen LogP) is 0.903. The van der Waals surface area contributed by atoms with E-state index in [9.17, 15) is 4.79 Å². The van der Waals surface area contributed by atoms with E-state index in [1.54, 1.807) is 0 Å². The van der Waals surface area contributed by atoms with Crippen LogP contribution in [0, 0.1) is 11.8 Å². The molecule has 1 aliphatic heterocycles. The molecule has 0 saturated carbocycles. The van der Waals surface area contributed by atoms with Crippen molar-refractivity contribution in [1.29, 1.82) is 0 Å². The van der Waals surface area contributed by atoms with E-state index in [-0.39, 0.29) is 11.8 Å². The van der Waals surface area contributed by atoms with Gasteiger partial charge < -0.3 is 15.8 Å². The number of nitrogens with two attached hydrogens (primary N) is 1. The van der Waals surface area contributed by atoms with Crippen molar-refractivity contribution in [3.05, 3.63) is 0 Å². The van der Waals surface area contributed by atoms with Crippen LogP contribution in [-0.4, -0.2) is 31.7 Å². The van der Waals surface area contributed by atoms with Gasteiger partial charge in [-0.1, -0.05) is 13.8 Å². The molecular weight excluding hydrogens is 204 g/mol. The summed E-state index contributed by atoms with van der Waals surface area (Å²) in [5.41, 5.74) is 5.43. The molecular formula is C12H24N2O2. The van der Waals surface area contributed by atoms with Crippen molar-refractivity contribution in [1.82, 2.24) is 5.32 Å². The van der Waals surface area contributed by atoms with Crippen LogP contribution in [0.4, 0.5) is 0 Å². The molecule has 1 aliphatic rings. The van der Waals surface area contributed by atoms with Crippen LogP contribution in [0.25, 0.3) is 0 Å². The van der Waals surface area contributed by atoms with Crippen molar-refractivity contribution in [2.75, 3.05) is 19.7 Å². The van der Waals surface area contributed by atoms with Crippen molar-refractivity contribution in [2.45, 2.75) is 39.2 Å². The van der Waals surface area contributed by atoms with E-state index in [4.69, 9.17) is 10.5 Å². The fraction of sp³-hybridized carbons (Fsp3) is 0.917. The molecule has 16 heavy (non-hydrogen) atoms. The fourth-order valence-electron chi connectivity index (χ4n) is 2.16. The van der Waals surface area contributed by atoms with Gasteiger partial charge in [-0.05, 0) is 25.8 Å². The number of hydrogen-bond acceptors (Lipinski definition) is 3. The Morgan fingerprint density at radius 3 is 3.00 bits per heavy atom. The van der Waals surface area contributed by atoms with Crippen LogP contribution in [0.1, 0.15) is 33.1 Å². The first-order valence-electron chi connectivity index (χ1n) is 6.28. The lowest BCUT2D eigenvalue weighted by Crippen LogP contribution is -2.36. The first-order chi connectivity index (χ1) is 7.69. The Morgan fingerprint density at radius 2 is 2.38 bits per heavy atom. The Hall–Kier alpha value is -0.610. The summed E-state index contributed by atoms with van der Waals surface area (Å²) >= 11 is 0. The Morgan fingerprint density at radius 1 is 1.62 bits per heavy atom. The number of ether oxygens (including phenoxy) is 1. The molecule has 1 rings (SSSR count). The lowest BCUT2D eigenvalue weighted by atomic mass is 9.99. The molecule has 0 radical (unpaired) electrons. The maximum absolute atomic E-state index is 11.7. The molecule has 3 N–H and O–H groups in total. The summed E-state index contributed by atoms with van der Waals surface area (Å²) in [5.74, 6) is 0.624. The minimum Gasteiger partial charge on any atom is -0.378 e. The average molecular weight is 228 g/mol. The Bertz CT molecular complexity index is 221. The Labute approximate surface area is 97.9 Å². The number of carbonyl (C=O) groups is 1. The molecule has 1 fully saturated rings. The van der Waals surface area contributed by atoms with Gasteiger partial charge in [-0.3, -0.25) is 4.79 Å². The third-order valence-corrected chi connectivity index (χ3v) is 3.33. The Balaban J connectivity index is 2.25. The van der Waals surface area contributed by atoms with E-state index in [1.807, 2.05) is 6.92 Å². The average Bonchev–Trinajstić information content (AvgIpc) is 2.73. The topological polar surface area (TPSA) is 64.3 Å². The molecule has 3 atom stereocenters. The first kappa shape index (κ1) is 13.5. The van der Waals surface area contributed by atoms with E-state index in [0.717, 1.165) is 32.4 Å². The first-order valence-corrected chi connectivity index (χ1v) is 6.28. The monoisotopic (exact) mass is 228 g/mol. The van der Waals surface area contributed by atoms with Gasteiger partial charge in [0.05, 0.1) is 6.10 Å². The number of amides is 1. The summed E-state index contributed by atoms with van der Waals surface area (Å²) in [6.45, 7) is 6.19. The SMILES string of the molecule is CCC1OCCC1CNC(=O)C(C)CCN. The zero-order chi connectivity index (χ0) is 12.0. The third-order valence-electron chi connectivity index (χ3n) is 3.33. The summed E-state index contributed by atoms with van der Waals surface area (Å²) in [4.78, 5) is 11.7. The van der Waals surface area contributed by atoms with E-state index in [0.29, 0.717) is 18.6 Å². The van der Waals surface area contributed by atoms with Gasteiger partial charge in [-0.15, -0.1) is 0 Å². The molecule has 0 aromatic rings. The molecule has 0 aromatic carbocycles. The number of carbonyl (C=O) groups excluding carboxylic acids is 1. The maximum Gasteiger partial charge on any atom is 0.222 e. The molecule has 0 aliphatic carbocycles. The smallest absolute Gasteiger partial charge is 0.222 e. The van der Waals surface area contributed by atoms with E-state index >= 15 is 0 Å². The molecule has 4 heteroatoms. The van der Waals surface area contributed by atoms with Crippen LogP contribution in [0.15, 0.2) is 0 Å². The van der Waals surface area contributed by atoms with E-state index in [2.05, 4.69) is 12.2 Å². The zero-order valence-corrected chi connectivity index (χ0v) is 10.4. The van der Waals surface area contributed by atoms with Crippen molar-refractivity contribution in [3.8, 4) is 0 Å². The molecule has 1 saturated heterocycles. The number of nitrogens with one attached hydrogen (secondary N) is 1. The summed E-state index contributed by atoms with van der Waals surface area (Å²) in [6.07, 6.45) is 3.16. The van der Waals surface area contributed by atoms with Crippen molar-refractivity contribution in [3.63, 3.8) is 0 Å². The van der Waals surface area contributed by atoms with E-state index in [1.165, 1.54) is 0 Å². The normalized spacial score (nSPS) is 26.7. The molecule has 0 spiro atoms. The van der Waals surface area contributed by atoms with E-state index < -0.39 is 0 Å². The molecule has 1 heterocycles. The standard InChI is InChI=1S/C12H24N2O2/c1-3-11-10(5-7-16-11)8-14-12(15)9(2)4-6-13/h9-11H,3-8,13H2,1-2H3,(H,14,15). The molecule has 1 amide bonds. The Kier molecular flexibility index (Phi) is 5.77. The second kappa shape index (κ2) is 6.86. The third kappa shape index (κ3) is 3.76. The highest BCUT2D eigenvalue weighted by Gasteiger charge is 2.27. The molecule has 3 unspecified atom stereocenters. The van der Waals surface area contributed by atoms with Gasteiger partial charge in [-0.25, -0.2) is 0 Å². The van der Waals surface area contributed by atoms with Crippen LogP contribution in [0.5, 0.6) is 0 Å². The van der Waals surface area contributed by atoms with Crippen molar-refractivity contribution >= 4 is 5.91 Å². The highest BCUT2D eigenvalue weighted by Crippen LogP contribution is 2.22. The van der Waals surface area contributed by atoms with Gasteiger partial charge in [0.1, 0.15) is 0 Å². The highest BCUT2D eigenvalue weighted by atomic mass is 16.5. The van der Waals surface area contributed by atoms with Crippen molar-refractivity contribution < 1.29 is 9.53 Å². The second-order valence-electron chi connectivity index (χ2n) is 4.59. The zero-order valence-electron chi connectivity index (χ0n) is 10.4. The molecule has 4 nitrogen and oxygen atoms in total. The van der Waals surface area contributed by atoms with Gasteiger partial charge in [0.25, 0.3) is 0 Å². The summed E-state index contributed by atoms with van der Waals surface area (Å²) in [5, 5.41) is 3.00. The lowest BCUT2D eigenvalue weighted by Gasteiger charge is -2.18. The van der Waals surface area contributed by atoms with Gasteiger partial charge in [-0.2, -0.15) is 0 Å². The van der Waals surface area contributed by atoms with Crippen LogP contribution in [0.3, 0.4) is 0 Å².